The third-order valence-electron chi connectivity index (χ3n) is 4.05. The van der Waals surface area contributed by atoms with E-state index < -0.39 is 0 Å². The van der Waals surface area contributed by atoms with Crippen molar-refractivity contribution < 1.29 is 9.47 Å². The summed E-state index contributed by atoms with van der Waals surface area (Å²) in [7, 11) is 1.60. The van der Waals surface area contributed by atoms with Gasteiger partial charge in [0.1, 0.15) is 0 Å². The molecular formula is C19H19N3O2. The van der Waals surface area contributed by atoms with Crippen molar-refractivity contribution in [1.29, 1.82) is 5.26 Å². The summed E-state index contributed by atoms with van der Waals surface area (Å²) in [5.74, 6) is 1.29. The van der Waals surface area contributed by atoms with Crippen LogP contribution < -0.4 is 9.47 Å². The SMILES string of the molecule is COc1cnc(/C=C(\C#N)c2cccnc2)cc1OC1CCCC1. The fraction of sp³-hybridized carbons (Fsp3) is 0.316. The van der Waals surface area contributed by atoms with Crippen molar-refractivity contribution in [3.05, 3.63) is 48.0 Å². The second-order valence-corrected chi connectivity index (χ2v) is 5.70. The van der Waals surface area contributed by atoms with Crippen molar-refractivity contribution in [2.24, 2.45) is 0 Å². The molecule has 2 aromatic rings. The molecule has 1 aliphatic rings. The maximum Gasteiger partial charge on any atom is 0.179 e. The number of aromatic nitrogens is 2. The Morgan fingerprint density at radius 1 is 1.29 bits per heavy atom. The minimum atomic E-state index is 0.229. The number of allylic oxidation sites excluding steroid dienone is 1. The molecule has 0 aliphatic heterocycles. The van der Waals surface area contributed by atoms with Crippen molar-refractivity contribution >= 4 is 11.6 Å². The van der Waals surface area contributed by atoms with Gasteiger partial charge < -0.3 is 9.47 Å². The van der Waals surface area contributed by atoms with Crippen LogP contribution in [0.1, 0.15) is 36.9 Å². The van der Waals surface area contributed by atoms with E-state index in [9.17, 15) is 5.26 Å². The predicted octanol–water partition coefficient (Wildman–Crippen LogP) is 3.87. The standard InChI is InChI=1S/C19H19N3O2/c1-23-19-13-22-16(10-18(19)24-17-6-2-3-7-17)9-15(11-20)14-5-4-8-21-12-14/h4-5,8-10,12-13,17H,2-3,6-7H2,1H3/b15-9+. The predicted molar refractivity (Wildman–Crippen MR) is 91.4 cm³/mol. The summed E-state index contributed by atoms with van der Waals surface area (Å²) < 4.78 is 11.4. The number of hydrogen-bond acceptors (Lipinski definition) is 5. The Bertz CT molecular complexity index is 760. The van der Waals surface area contributed by atoms with E-state index in [0.29, 0.717) is 22.8 Å². The second kappa shape index (κ2) is 7.60. The van der Waals surface area contributed by atoms with Crippen LogP contribution in [0.25, 0.3) is 11.6 Å². The fourth-order valence-electron chi connectivity index (χ4n) is 2.80. The normalized spacial score (nSPS) is 15.1. The van der Waals surface area contributed by atoms with Gasteiger partial charge in [-0.1, -0.05) is 6.07 Å². The van der Waals surface area contributed by atoms with Crippen LogP contribution in [0.15, 0.2) is 36.8 Å². The fourth-order valence-corrected chi connectivity index (χ4v) is 2.80. The topological polar surface area (TPSA) is 68.0 Å². The Morgan fingerprint density at radius 2 is 2.12 bits per heavy atom. The van der Waals surface area contributed by atoms with E-state index in [2.05, 4.69) is 16.0 Å². The molecule has 122 valence electrons. The lowest BCUT2D eigenvalue weighted by Gasteiger charge is -2.16. The van der Waals surface area contributed by atoms with Crippen LogP contribution in [0.2, 0.25) is 0 Å². The number of ether oxygens (including phenoxy) is 2. The first-order valence-electron chi connectivity index (χ1n) is 8.03. The molecule has 5 nitrogen and oxygen atoms in total. The third-order valence-corrected chi connectivity index (χ3v) is 4.05. The van der Waals surface area contributed by atoms with Gasteiger partial charge in [0.15, 0.2) is 11.5 Å². The van der Waals surface area contributed by atoms with Gasteiger partial charge in [-0.3, -0.25) is 9.97 Å². The lowest BCUT2D eigenvalue weighted by molar-refractivity contribution is 0.200. The molecule has 2 aromatic heterocycles. The molecule has 2 heterocycles. The molecule has 0 bridgehead atoms. The Balaban J connectivity index is 1.90. The lowest BCUT2D eigenvalue weighted by Crippen LogP contribution is -2.11. The van der Waals surface area contributed by atoms with Crippen LogP contribution >= 0.6 is 0 Å². The minimum absolute atomic E-state index is 0.229. The molecule has 0 atom stereocenters. The van der Waals surface area contributed by atoms with Crippen molar-refractivity contribution in [2.75, 3.05) is 7.11 Å². The number of hydrogen-bond donors (Lipinski definition) is 0. The summed E-state index contributed by atoms with van der Waals surface area (Å²) in [6, 6.07) is 7.67. The van der Waals surface area contributed by atoms with Crippen molar-refractivity contribution in [1.82, 2.24) is 9.97 Å². The van der Waals surface area contributed by atoms with Gasteiger partial charge in [0.05, 0.1) is 36.7 Å². The highest BCUT2D eigenvalue weighted by molar-refractivity contribution is 5.88. The van der Waals surface area contributed by atoms with Crippen LogP contribution in [0.4, 0.5) is 0 Å². The molecule has 0 spiro atoms. The Hall–Kier alpha value is -2.87. The molecule has 0 amide bonds. The van der Waals surface area contributed by atoms with Gasteiger partial charge in [0, 0.05) is 24.0 Å². The molecule has 0 unspecified atom stereocenters. The first-order chi connectivity index (χ1) is 11.8. The van der Waals surface area contributed by atoms with Crippen LogP contribution in [-0.2, 0) is 0 Å². The first-order valence-corrected chi connectivity index (χ1v) is 8.03. The quantitative estimate of drug-likeness (QED) is 0.782. The summed E-state index contributed by atoms with van der Waals surface area (Å²) >= 11 is 0. The zero-order valence-electron chi connectivity index (χ0n) is 13.6. The zero-order valence-corrected chi connectivity index (χ0v) is 13.6. The van der Waals surface area contributed by atoms with Crippen molar-refractivity contribution in [3.63, 3.8) is 0 Å². The summed E-state index contributed by atoms with van der Waals surface area (Å²) in [5, 5.41) is 9.41. The zero-order chi connectivity index (χ0) is 16.8. The highest BCUT2D eigenvalue weighted by Gasteiger charge is 2.19. The summed E-state index contributed by atoms with van der Waals surface area (Å²) in [6.07, 6.45) is 11.5. The number of rotatable bonds is 5. The average molecular weight is 321 g/mol. The van der Waals surface area contributed by atoms with Gasteiger partial charge in [0.25, 0.3) is 0 Å². The van der Waals surface area contributed by atoms with E-state index in [0.717, 1.165) is 18.4 Å². The number of methoxy groups -OCH3 is 1. The molecule has 1 saturated carbocycles. The lowest BCUT2D eigenvalue weighted by atomic mass is 10.1. The molecule has 0 saturated heterocycles. The van der Waals surface area contributed by atoms with Gasteiger partial charge in [0.2, 0.25) is 0 Å². The van der Waals surface area contributed by atoms with E-state index in [1.807, 2.05) is 12.1 Å². The van der Waals surface area contributed by atoms with Crippen LogP contribution in [0.3, 0.4) is 0 Å². The molecule has 1 aliphatic carbocycles. The Kier molecular flexibility index (Phi) is 5.07. The maximum absolute atomic E-state index is 9.41. The Morgan fingerprint density at radius 3 is 2.79 bits per heavy atom. The average Bonchev–Trinajstić information content (AvgIpc) is 3.14. The monoisotopic (exact) mass is 321 g/mol. The van der Waals surface area contributed by atoms with E-state index >= 15 is 0 Å². The Labute approximate surface area is 141 Å². The first kappa shape index (κ1) is 16.0. The molecular weight excluding hydrogens is 302 g/mol. The highest BCUT2D eigenvalue weighted by Crippen LogP contribution is 2.32. The van der Waals surface area contributed by atoms with Gasteiger partial charge >= 0.3 is 0 Å². The summed E-state index contributed by atoms with van der Waals surface area (Å²) in [5.41, 5.74) is 1.92. The minimum Gasteiger partial charge on any atom is -0.491 e. The molecule has 1 fully saturated rings. The van der Waals surface area contributed by atoms with Crippen LogP contribution in [0.5, 0.6) is 11.5 Å². The molecule has 5 heteroatoms. The molecule has 3 rings (SSSR count). The number of nitriles is 1. The smallest absolute Gasteiger partial charge is 0.179 e. The summed E-state index contributed by atoms with van der Waals surface area (Å²) in [6.45, 7) is 0. The van der Waals surface area contributed by atoms with Crippen molar-refractivity contribution in [2.45, 2.75) is 31.8 Å². The number of pyridine rings is 2. The van der Waals surface area contributed by atoms with E-state index in [1.165, 1.54) is 12.8 Å². The van der Waals surface area contributed by atoms with Crippen LogP contribution in [-0.4, -0.2) is 23.2 Å². The maximum atomic E-state index is 9.41. The van der Waals surface area contributed by atoms with Crippen LogP contribution in [0, 0.1) is 11.3 Å². The largest absolute Gasteiger partial charge is 0.491 e. The second-order valence-electron chi connectivity index (χ2n) is 5.70. The summed E-state index contributed by atoms with van der Waals surface area (Å²) in [4.78, 5) is 8.40. The molecule has 24 heavy (non-hydrogen) atoms. The van der Waals surface area contributed by atoms with Gasteiger partial charge in [-0.2, -0.15) is 5.26 Å². The van der Waals surface area contributed by atoms with E-state index in [-0.39, 0.29) is 6.10 Å². The van der Waals surface area contributed by atoms with E-state index in [1.54, 1.807) is 37.8 Å². The van der Waals surface area contributed by atoms with Gasteiger partial charge in [-0.05, 0) is 37.8 Å². The molecule has 0 N–H and O–H groups in total. The highest BCUT2D eigenvalue weighted by atomic mass is 16.5. The third kappa shape index (κ3) is 3.72. The van der Waals surface area contributed by atoms with Crippen molar-refractivity contribution in [3.8, 4) is 17.6 Å². The molecule has 0 aromatic carbocycles. The van der Waals surface area contributed by atoms with Gasteiger partial charge in [-0.15, -0.1) is 0 Å². The van der Waals surface area contributed by atoms with E-state index in [4.69, 9.17) is 9.47 Å². The molecule has 0 radical (unpaired) electrons. The van der Waals surface area contributed by atoms with Gasteiger partial charge in [-0.25, -0.2) is 0 Å². The number of nitrogens with zero attached hydrogens (tertiary/aromatic N) is 3.